The number of nitro benzene ring substituents is 1. The van der Waals surface area contributed by atoms with Crippen molar-refractivity contribution in [2.24, 2.45) is 5.10 Å². The number of para-hydroxylation sites is 1. The minimum Gasteiger partial charge on any atom is -0.507 e. The average Bonchev–Trinajstić information content (AvgIpc) is 2.53. The lowest BCUT2D eigenvalue weighted by Gasteiger charge is -2.07. The van der Waals surface area contributed by atoms with Crippen molar-refractivity contribution in [3.8, 4) is 5.75 Å². The Kier molecular flexibility index (Phi) is 4.84. The highest BCUT2D eigenvalue weighted by molar-refractivity contribution is 7.89. The fraction of sp³-hybridized carbons (Fsp3) is 0.133. The molecule has 0 saturated heterocycles. The van der Waals surface area contributed by atoms with E-state index in [0.717, 1.165) is 6.07 Å². The molecular formula is C15H15N3O5S. The van der Waals surface area contributed by atoms with Crippen LogP contribution in [0.4, 0.5) is 5.69 Å². The molecule has 2 N–H and O–H groups in total. The van der Waals surface area contributed by atoms with Crippen molar-refractivity contribution >= 4 is 21.4 Å². The number of hydrogen-bond donors (Lipinski definition) is 2. The third-order valence-electron chi connectivity index (χ3n) is 3.31. The zero-order valence-electron chi connectivity index (χ0n) is 12.9. The smallest absolute Gasteiger partial charge is 0.276 e. The molecule has 0 aliphatic rings. The third kappa shape index (κ3) is 3.69. The lowest BCUT2D eigenvalue weighted by Crippen LogP contribution is -2.20. The van der Waals surface area contributed by atoms with Gasteiger partial charge in [-0.3, -0.25) is 10.1 Å². The number of nitrogens with zero attached hydrogens (tertiary/aromatic N) is 2. The van der Waals surface area contributed by atoms with Crippen LogP contribution in [0, 0.1) is 17.0 Å². The molecule has 0 radical (unpaired) electrons. The number of aromatic hydroxyl groups is 1. The van der Waals surface area contributed by atoms with E-state index in [4.69, 9.17) is 0 Å². The largest absolute Gasteiger partial charge is 0.507 e. The van der Waals surface area contributed by atoms with Crippen molar-refractivity contribution < 1.29 is 18.4 Å². The lowest BCUT2D eigenvalue weighted by molar-refractivity contribution is -0.385. The number of rotatable bonds is 5. The first-order valence-electron chi connectivity index (χ1n) is 6.82. The van der Waals surface area contributed by atoms with Gasteiger partial charge in [0.1, 0.15) is 5.75 Å². The predicted molar refractivity (Wildman–Crippen MR) is 88.5 cm³/mol. The van der Waals surface area contributed by atoms with Crippen molar-refractivity contribution in [3.63, 3.8) is 0 Å². The maximum atomic E-state index is 12.2. The molecule has 0 heterocycles. The Bertz CT molecular complexity index is 922. The van der Waals surface area contributed by atoms with E-state index >= 15 is 0 Å². The van der Waals surface area contributed by atoms with Crippen LogP contribution in [0.1, 0.15) is 18.1 Å². The van der Waals surface area contributed by atoms with Crippen LogP contribution in [0.5, 0.6) is 5.75 Å². The maximum absolute atomic E-state index is 12.2. The Morgan fingerprint density at radius 1 is 1.25 bits per heavy atom. The fourth-order valence-corrected chi connectivity index (χ4v) is 2.85. The molecule has 0 spiro atoms. The molecule has 0 unspecified atom stereocenters. The number of aryl methyl sites for hydroxylation is 1. The third-order valence-corrected chi connectivity index (χ3v) is 4.52. The SMILES string of the molecule is C/C(=N\NS(=O)(=O)c1ccc(C)c([N+](=O)[O-])c1)c1ccccc1O. The second-order valence-electron chi connectivity index (χ2n) is 5.01. The number of benzene rings is 2. The summed E-state index contributed by atoms with van der Waals surface area (Å²) >= 11 is 0. The highest BCUT2D eigenvalue weighted by Gasteiger charge is 2.19. The van der Waals surface area contributed by atoms with E-state index in [1.807, 2.05) is 4.83 Å². The molecule has 126 valence electrons. The van der Waals surface area contributed by atoms with E-state index in [0.29, 0.717) is 11.1 Å². The molecule has 24 heavy (non-hydrogen) atoms. The van der Waals surface area contributed by atoms with Crippen molar-refractivity contribution in [2.75, 3.05) is 0 Å². The number of phenols is 1. The van der Waals surface area contributed by atoms with Crippen LogP contribution >= 0.6 is 0 Å². The molecule has 0 aliphatic heterocycles. The molecule has 0 fully saturated rings. The molecule has 2 aromatic carbocycles. The van der Waals surface area contributed by atoms with Crippen molar-refractivity contribution in [1.82, 2.24) is 4.83 Å². The molecule has 0 aliphatic carbocycles. The molecule has 8 nitrogen and oxygen atoms in total. The van der Waals surface area contributed by atoms with E-state index in [9.17, 15) is 23.6 Å². The van der Waals surface area contributed by atoms with Crippen LogP contribution in [0.25, 0.3) is 0 Å². The topological polar surface area (TPSA) is 122 Å². The zero-order chi connectivity index (χ0) is 17.9. The molecule has 0 saturated carbocycles. The molecule has 0 amide bonds. The molecule has 0 atom stereocenters. The van der Waals surface area contributed by atoms with E-state index < -0.39 is 14.9 Å². The summed E-state index contributed by atoms with van der Waals surface area (Å²) in [6.45, 7) is 3.04. The molecule has 2 aromatic rings. The first-order chi connectivity index (χ1) is 11.2. The quantitative estimate of drug-likeness (QED) is 0.487. The molecule has 0 bridgehead atoms. The summed E-state index contributed by atoms with van der Waals surface area (Å²) in [6, 6.07) is 9.92. The monoisotopic (exact) mass is 349 g/mol. The van der Waals surface area contributed by atoms with Crippen LogP contribution in [-0.2, 0) is 10.0 Å². The Balaban J connectivity index is 2.32. The van der Waals surface area contributed by atoms with Crippen LogP contribution in [-0.4, -0.2) is 24.2 Å². The van der Waals surface area contributed by atoms with Gasteiger partial charge in [-0.2, -0.15) is 18.4 Å². The Morgan fingerprint density at radius 2 is 1.92 bits per heavy atom. The van der Waals surface area contributed by atoms with E-state index in [1.165, 1.54) is 32.0 Å². The summed E-state index contributed by atoms with van der Waals surface area (Å²) in [5.41, 5.74) is 0.681. The fourth-order valence-electron chi connectivity index (χ4n) is 1.97. The van der Waals surface area contributed by atoms with Gasteiger partial charge in [-0.25, -0.2) is 0 Å². The van der Waals surface area contributed by atoms with Gasteiger partial charge in [0.25, 0.3) is 15.7 Å². The van der Waals surface area contributed by atoms with Gasteiger partial charge in [0.05, 0.1) is 15.5 Å². The van der Waals surface area contributed by atoms with Gasteiger partial charge >= 0.3 is 0 Å². The van der Waals surface area contributed by atoms with E-state index in [-0.39, 0.29) is 22.0 Å². The summed E-state index contributed by atoms with van der Waals surface area (Å²) in [6.07, 6.45) is 0. The standard InChI is InChI=1S/C15H15N3O5S/c1-10-7-8-12(9-14(10)18(20)21)24(22,23)17-16-11(2)13-5-3-4-6-15(13)19/h3-9,17,19H,1-2H3/b16-11+. The van der Waals surface area contributed by atoms with Crippen LogP contribution in [0.3, 0.4) is 0 Å². The normalized spacial score (nSPS) is 12.0. The van der Waals surface area contributed by atoms with Crippen LogP contribution in [0.2, 0.25) is 0 Å². The van der Waals surface area contributed by atoms with Gasteiger partial charge < -0.3 is 5.11 Å². The van der Waals surface area contributed by atoms with Crippen molar-refractivity contribution in [2.45, 2.75) is 18.7 Å². The number of hydrazone groups is 1. The van der Waals surface area contributed by atoms with Gasteiger partial charge in [0, 0.05) is 17.2 Å². The van der Waals surface area contributed by atoms with Crippen molar-refractivity contribution in [1.29, 1.82) is 0 Å². The maximum Gasteiger partial charge on any atom is 0.276 e. The van der Waals surface area contributed by atoms with Gasteiger partial charge in [-0.15, -0.1) is 0 Å². The van der Waals surface area contributed by atoms with Gasteiger partial charge in [-0.05, 0) is 32.0 Å². The first kappa shape index (κ1) is 17.4. The average molecular weight is 349 g/mol. The van der Waals surface area contributed by atoms with E-state index in [2.05, 4.69) is 5.10 Å². The Hall–Kier alpha value is -2.94. The number of phenolic OH excluding ortho intramolecular Hbond substituents is 1. The second-order valence-corrected chi connectivity index (χ2v) is 6.68. The summed E-state index contributed by atoms with van der Waals surface area (Å²) in [4.78, 5) is 12.0. The minimum absolute atomic E-state index is 0.0380. The van der Waals surface area contributed by atoms with Crippen molar-refractivity contribution in [3.05, 3.63) is 63.7 Å². The second kappa shape index (κ2) is 6.67. The summed E-state index contributed by atoms with van der Waals surface area (Å²) < 4.78 is 24.5. The zero-order valence-corrected chi connectivity index (χ0v) is 13.7. The number of nitrogens with one attached hydrogen (secondary N) is 1. The summed E-state index contributed by atoms with van der Waals surface area (Å²) in [5.74, 6) is -0.0380. The van der Waals surface area contributed by atoms with Crippen LogP contribution < -0.4 is 4.83 Å². The van der Waals surface area contributed by atoms with E-state index in [1.54, 1.807) is 18.2 Å². The number of hydrogen-bond acceptors (Lipinski definition) is 6. The summed E-state index contributed by atoms with van der Waals surface area (Å²) in [7, 11) is -4.07. The predicted octanol–water partition coefficient (Wildman–Crippen LogP) is 2.31. The Morgan fingerprint density at radius 3 is 2.54 bits per heavy atom. The highest BCUT2D eigenvalue weighted by Crippen LogP contribution is 2.22. The molecular weight excluding hydrogens is 334 g/mol. The molecule has 9 heteroatoms. The Labute approximate surface area is 138 Å². The molecule has 2 rings (SSSR count). The van der Waals surface area contributed by atoms with Crippen LogP contribution in [0.15, 0.2) is 52.5 Å². The molecule has 0 aromatic heterocycles. The van der Waals surface area contributed by atoms with Gasteiger partial charge in [-0.1, -0.05) is 18.2 Å². The minimum atomic E-state index is -4.07. The lowest BCUT2D eigenvalue weighted by atomic mass is 10.1. The van der Waals surface area contributed by atoms with Gasteiger partial charge in [0.2, 0.25) is 0 Å². The first-order valence-corrected chi connectivity index (χ1v) is 8.30. The highest BCUT2D eigenvalue weighted by atomic mass is 32.2. The number of nitro groups is 1. The summed E-state index contributed by atoms with van der Waals surface area (Å²) in [5, 5.41) is 24.4. The number of sulfonamides is 1. The van der Waals surface area contributed by atoms with Gasteiger partial charge in [0.15, 0.2) is 0 Å².